The summed E-state index contributed by atoms with van der Waals surface area (Å²) >= 11 is 1.65. The normalized spacial score (nSPS) is 20.7. The molecule has 0 radical (unpaired) electrons. The Morgan fingerprint density at radius 3 is 2.82 bits per heavy atom. The third kappa shape index (κ3) is 2.39. The first-order chi connectivity index (χ1) is 10.6. The molecule has 0 aliphatic carbocycles. The molecule has 3 rings (SSSR count). The highest BCUT2D eigenvalue weighted by Gasteiger charge is 2.50. The van der Waals surface area contributed by atoms with E-state index in [2.05, 4.69) is 6.07 Å². The molecule has 1 aromatic carbocycles. The van der Waals surface area contributed by atoms with Crippen LogP contribution in [0.25, 0.3) is 10.1 Å². The van der Waals surface area contributed by atoms with Gasteiger partial charge in [-0.25, -0.2) is 4.79 Å². The van der Waals surface area contributed by atoms with Crippen molar-refractivity contribution in [3.05, 3.63) is 35.2 Å². The van der Waals surface area contributed by atoms with E-state index in [-0.39, 0.29) is 11.9 Å². The van der Waals surface area contributed by atoms with Crippen LogP contribution < -0.4 is 0 Å². The number of carbonyl (C=O) groups is 2. The van der Waals surface area contributed by atoms with Crippen molar-refractivity contribution in [2.75, 3.05) is 13.2 Å². The lowest BCUT2D eigenvalue weighted by atomic mass is 9.86. The number of carbonyl (C=O) groups excluding carboxylic acids is 2. The number of fused-ring (bicyclic) bond motifs is 1. The number of benzene rings is 1. The minimum Gasteiger partial charge on any atom is -0.464 e. The third-order valence-electron chi connectivity index (χ3n) is 4.34. The van der Waals surface area contributed by atoms with Gasteiger partial charge in [-0.2, -0.15) is 0 Å². The van der Waals surface area contributed by atoms with Crippen LogP contribution >= 0.6 is 11.3 Å². The molecule has 0 bridgehead atoms. The molecule has 4 nitrogen and oxygen atoms in total. The van der Waals surface area contributed by atoms with Gasteiger partial charge in [0.15, 0.2) is 0 Å². The van der Waals surface area contributed by atoms with Gasteiger partial charge in [-0.3, -0.25) is 4.79 Å². The van der Waals surface area contributed by atoms with Gasteiger partial charge in [-0.05, 0) is 42.7 Å². The second kappa shape index (κ2) is 5.72. The highest BCUT2D eigenvalue weighted by atomic mass is 32.1. The number of likely N-dealkylation sites (tertiary alicyclic amines) is 1. The van der Waals surface area contributed by atoms with Crippen molar-refractivity contribution in [2.24, 2.45) is 0 Å². The molecule has 1 amide bonds. The number of thiophene rings is 1. The average molecular weight is 317 g/mol. The fourth-order valence-corrected chi connectivity index (χ4v) is 3.85. The maximum atomic E-state index is 12.6. The molecule has 1 fully saturated rings. The maximum Gasteiger partial charge on any atom is 0.331 e. The fourth-order valence-electron chi connectivity index (χ4n) is 2.89. The Labute approximate surface area is 133 Å². The van der Waals surface area contributed by atoms with E-state index < -0.39 is 5.54 Å². The van der Waals surface area contributed by atoms with Crippen molar-refractivity contribution in [3.8, 4) is 0 Å². The van der Waals surface area contributed by atoms with Crippen LogP contribution in [-0.2, 0) is 20.7 Å². The van der Waals surface area contributed by atoms with Gasteiger partial charge in [-0.15, -0.1) is 11.3 Å². The predicted molar refractivity (Wildman–Crippen MR) is 86.9 cm³/mol. The van der Waals surface area contributed by atoms with Crippen LogP contribution in [0.1, 0.15) is 25.8 Å². The summed E-state index contributed by atoms with van der Waals surface area (Å²) in [5, 5.41) is 3.16. The smallest absolute Gasteiger partial charge is 0.331 e. The number of hydrogen-bond acceptors (Lipinski definition) is 4. The molecule has 1 aromatic heterocycles. The summed E-state index contributed by atoms with van der Waals surface area (Å²) in [6.07, 6.45) is 1.00. The minimum absolute atomic E-state index is 0.00893. The van der Waals surface area contributed by atoms with E-state index in [1.54, 1.807) is 30.1 Å². The Morgan fingerprint density at radius 2 is 2.14 bits per heavy atom. The summed E-state index contributed by atoms with van der Waals surface area (Å²) in [6.45, 7) is 4.53. The molecule has 1 atom stereocenters. The molecule has 22 heavy (non-hydrogen) atoms. The van der Waals surface area contributed by atoms with Gasteiger partial charge in [-0.1, -0.05) is 18.2 Å². The van der Waals surface area contributed by atoms with Crippen molar-refractivity contribution in [1.29, 1.82) is 0 Å². The van der Waals surface area contributed by atoms with Crippen molar-refractivity contribution in [2.45, 2.75) is 32.2 Å². The van der Waals surface area contributed by atoms with E-state index in [9.17, 15) is 9.59 Å². The molecule has 2 aromatic rings. The average Bonchev–Trinajstić information content (AvgIpc) is 2.89. The molecule has 1 saturated heterocycles. The second-order valence-corrected chi connectivity index (χ2v) is 6.63. The van der Waals surface area contributed by atoms with Crippen LogP contribution in [0.3, 0.4) is 0 Å². The van der Waals surface area contributed by atoms with Crippen molar-refractivity contribution in [3.63, 3.8) is 0 Å². The fraction of sp³-hybridized carbons (Fsp3) is 0.412. The lowest BCUT2D eigenvalue weighted by molar-refractivity contribution is -0.173. The monoisotopic (exact) mass is 317 g/mol. The van der Waals surface area contributed by atoms with Crippen molar-refractivity contribution >= 4 is 33.3 Å². The van der Waals surface area contributed by atoms with E-state index >= 15 is 0 Å². The Kier molecular flexibility index (Phi) is 3.91. The lowest BCUT2D eigenvalue weighted by Crippen LogP contribution is -2.65. The van der Waals surface area contributed by atoms with E-state index in [1.165, 1.54) is 4.70 Å². The van der Waals surface area contributed by atoms with Gasteiger partial charge in [0.2, 0.25) is 5.91 Å². The zero-order valence-electron chi connectivity index (χ0n) is 12.8. The summed E-state index contributed by atoms with van der Waals surface area (Å²) in [7, 11) is 0. The predicted octanol–water partition coefficient (Wildman–Crippen LogP) is 3.00. The van der Waals surface area contributed by atoms with Gasteiger partial charge in [0.1, 0.15) is 5.54 Å². The topological polar surface area (TPSA) is 46.6 Å². The number of ether oxygens (including phenoxy) is 1. The molecular formula is C17H19NO3S. The summed E-state index contributed by atoms with van der Waals surface area (Å²) in [5.74, 6) is -0.310. The molecule has 1 unspecified atom stereocenters. The van der Waals surface area contributed by atoms with E-state index in [4.69, 9.17) is 4.74 Å². The second-order valence-electron chi connectivity index (χ2n) is 5.72. The number of amides is 1. The Morgan fingerprint density at radius 1 is 1.36 bits per heavy atom. The quantitative estimate of drug-likeness (QED) is 0.814. The SMILES string of the molecule is CCOC(=O)C1(C)CCN1C(=O)Cc1csc2ccccc12. The Balaban J connectivity index is 1.76. The molecule has 2 heterocycles. The van der Waals surface area contributed by atoms with Gasteiger partial charge >= 0.3 is 5.97 Å². The first kappa shape index (κ1) is 15.0. The van der Waals surface area contributed by atoms with Crippen molar-refractivity contribution in [1.82, 2.24) is 4.90 Å². The van der Waals surface area contributed by atoms with Crippen LogP contribution in [0.2, 0.25) is 0 Å². The molecule has 1 aliphatic heterocycles. The molecule has 5 heteroatoms. The molecule has 116 valence electrons. The van der Waals surface area contributed by atoms with E-state index in [1.807, 2.05) is 23.6 Å². The van der Waals surface area contributed by atoms with Gasteiger partial charge in [0.05, 0.1) is 13.0 Å². The lowest BCUT2D eigenvalue weighted by Gasteiger charge is -2.48. The number of esters is 1. The molecule has 1 aliphatic rings. The molecule has 0 saturated carbocycles. The molecular weight excluding hydrogens is 298 g/mol. The van der Waals surface area contributed by atoms with Crippen LogP contribution in [0.5, 0.6) is 0 Å². The zero-order chi connectivity index (χ0) is 15.7. The zero-order valence-corrected chi connectivity index (χ0v) is 13.6. The van der Waals surface area contributed by atoms with E-state index in [0.717, 1.165) is 10.9 Å². The van der Waals surface area contributed by atoms with Crippen LogP contribution in [0.15, 0.2) is 29.6 Å². The van der Waals surface area contributed by atoms with Crippen LogP contribution in [0.4, 0.5) is 0 Å². The third-order valence-corrected chi connectivity index (χ3v) is 5.35. The summed E-state index contributed by atoms with van der Waals surface area (Å²) < 4.78 is 6.29. The Bertz CT molecular complexity index is 724. The largest absolute Gasteiger partial charge is 0.464 e. The summed E-state index contributed by atoms with van der Waals surface area (Å²) in [4.78, 5) is 26.3. The van der Waals surface area contributed by atoms with Gasteiger partial charge in [0.25, 0.3) is 0 Å². The maximum absolute atomic E-state index is 12.6. The highest BCUT2D eigenvalue weighted by molar-refractivity contribution is 7.17. The molecule has 0 spiro atoms. The van der Waals surface area contributed by atoms with E-state index in [0.29, 0.717) is 26.0 Å². The minimum atomic E-state index is -0.793. The van der Waals surface area contributed by atoms with Crippen LogP contribution in [-0.4, -0.2) is 35.5 Å². The highest BCUT2D eigenvalue weighted by Crippen LogP contribution is 2.33. The van der Waals surface area contributed by atoms with Crippen LogP contribution in [0, 0.1) is 0 Å². The number of hydrogen-bond donors (Lipinski definition) is 0. The van der Waals surface area contributed by atoms with Gasteiger partial charge in [0, 0.05) is 11.2 Å². The van der Waals surface area contributed by atoms with Crippen molar-refractivity contribution < 1.29 is 14.3 Å². The Hall–Kier alpha value is -1.88. The first-order valence-electron chi connectivity index (χ1n) is 7.49. The standard InChI is InChI=1S/C17H19NO3S/c1-3-21-16(20)17(2)8-9-18(17)15(19)10-12-11-22-14-7-5-4-6-13(12)14/h4-7,11H,3,8-10H2,1-2H3. The summed E-state index contributed by atoms with van der Waals surface area (Å²) in [6, 6.07) is 8.07. The first-order valence-corrected chi connectivity index (χ1v) is 8.37. The number of rotatable bonds is 4. The van der Waals surface area contributed by atoms with Gasteiger partial charge < -0.3 is 9.64 Å². The number of nitrogens with zero attached hydrogens (tertiary/aromatic N) is 1. The molecule has 0 N–H and O–H groups in total. The summed E-state index contributed by atoms with van der Waals surface area (Å²) in [5.41, 5.74) is 0.238.